The van der Waals surface area contributed by atoms with Crippen molar-refractivity contribution in [2.24, 2.45) is 5.92 Å². The van der Waals surface area contributed by atoms with Gasteiger partial charge in [-0.2, -0.15) is 0 Å². The average Bonchev–Trinajstić information content (AvgIpc) is 3.09. The number of halogens is 1. The van der Waals surface area contributed by atoms with Crippen LogP contribution in [0.15, 0.2) is 46.9 Å². The van der Waals surface area contributed by atoms with Crippen molar-refractivity contribution in [3.8, 4) is 0 Å². The first-order valence-corrected chi connectivity index (χ1v) is 9.81. The molecule has 1 atom stereocenters. The lowest BCUT2D eigenvalue weighted by molar-refractivity contribution is -0.385. The van der Waals surface area contributed by atoms with Crippen LogP contribution >= 0.6 is 15.9 Å². The third kappa shape index (κ3) is 5.01. The molecular weight excluding hydrogens is 458 g/mol. The van der Waals surface area contributed by atoms with Gasteiger partial charge in [-0.25, -0.2) is 0 Å². The monoisotopic (exact) mass is 475 g/mol. The number of hydrogen-bond acceptors (Lipinski definition) is 6. The Morgan fingerprint density at radius 2 is 1.97 bits per heavy atom. The van der Waals surface area contributed by atoms with Gasteiger partial charge in [0.25, 0.3) is 11.6 Å². The fourth-order valence-electron chi connectivity index (χ4n) is 3.07. The molecule has 0 unspecified atom stereocenters. The molecule has 1 N–H and O–H groups in total. The minimum atomic E-state index is -0.672. The van der Waals surface area contributed by atoms with Gasteiger partial charge in [-0.15, -0.1) is 0 Å². The number of carbonyl (C=O) groups excluding carboxylic acids is 3. The van der Waals surface area contributed by atoms with E-state index >= 15 is 0 Å². The van der Waals surface area contributed by atoms with Gasteiger partial charge in [0.15, 0.2) is 6.61 Å². The Bertz CT molecular complexity index is 1010. The van der Waals surface area contributed by atoms with E-state index in [9.17, 15) is 24.5 Å². The van der Waals surface area contributed by atoms with Gasteiger partial charge >= 0.3 is 5.97 Å². The first kappa shape index (κ1) is 21.4. The number of esters is 1. The third-order valence-corrected chi connectivity index (χ3v) is 5.16. The van der Waals surface area contributed by atoms with Crippen molar-refractivity contribution in [3.05, 3.63) is 62.6 Å². The van der Waals surface area contributed by atoms with E-state index in [2.05, 4.69) is 21.2 Å². The minimum absolute atomic E-state index is 0.000668. The molecule has 2 aromatic rings. The molecular formula is C20H18BrN3O6. The minimum Gasteiger partial charge on any atom is -0.455 e. The van der Waals surface area contributed by atoms with Crippen LogP contribution in [0.1, 0.15) is 12.0 Å². The zero-order chi connectivity index (χ0) is 21.8. The van der Waals surface area contributed by atoms with E-state index in [4.69, 9.17) is 4.74 Å². The fourth-order valence-corrected chi connectivity index (χ4v) is 3.34. The topological polar surface area (TPSA) is 119 Å². The summed E-state index contributed by atoms with van der Waals surface area (Å²) in [5.74, 6) is -2.14. The van der Waals surface area contributed by atoms with Crippen LogP contribution in [-0.4, -0.2) is 35.9 Å². The smallest absolute Gasteiger partial charge is 0.311 e. The van der Waals surface area contributed by atoms with Crippen LogP contribution in [0, 0.1) is 23.0 Å². The number of nitro groups is 1. The molecule has 1 aliphatic heterocycles. The van der Waals surface area contributed by atoms with Crippen molar-refractivity contribution in [1.82, 2.24) is 0 Å². The number of nitrogens with one attached hydrogen (secondary N) is 1. The highest BCUT2D eigenvalue weighted by Crippen LogP contribution is 2.27. The summed E-state index contributed by atoms with van der Waals surface area (Å²) in [7, 11) is 0. The number of carbonyl (C=O) groups is 3. The zero-order valence-corrected chi connectivity index (χ0v) is 17.5. The van der Waals surface area contributed by atoms with E-state index in [1.54, 1.807) is 31.2 Å². The maximum absolute atomic E-state index is 12.3. The van der Waals surface area contributed by atoms with Crippen LogP contribution in [0.2, 0.25) is 0 Å². The van der Waals surface area contributed by atoms with Gasteiger partial charge in [0, 0.05) is 40.4 Å². The van der Waals surface area contributed by atoms with Crippen LogP contribution in [0.3, 0.4) is 0 Å². The molecule has 30 heavy (non-hydrogen) atoms. The molecule has 1 aliphatic rings. The number of nitro benzene ring substituents is 1. The summed E-state index contributed by atoms with van der Waals surface area (Å²) in [6.07, 6.45) is 0.000668. The predicted molar refractivity (Wildman–Crippen MR) is 112 cm³/mol. The van der Waals surface area contributed by atoms with Gasteiger partial charge in [-0.1, -0.05) is 22.0 Å². The number of ether oxygens (including phenoxy) is 1. The molecule has 0 aliphatic carbocycles. The second-order valence-electron chi connectivity index (χ2n) is 6.80. The fraction of sp³-hybridized carbons (Fsp3) is 0.250. The molecule has 10 heteroatoms. The molecule has 2 amide bonds. The maximum Gasteiger partial charge on any atom is 0.311 e. The normalized spacial score (nSPS) is 15.7. The highest BCUT2D eigenvalue weighted by molar-refractivity contribution is 9.10. The summed E-state index contributed by atoms with van der Waals surface area (Å²) in [5.41, 5.74) is 1.25. The molecule has 0 aromatic heterocycles. The molecule has 9 nitrogen and oxygen atoms in total. The molecule has 1 heterocycles. The first-order chi connectivity index (χ1) is 14.2. The van der Waals surface area contributed by atoms with Crippen molar-refractivity contribution in [2.75, 3.05) is 23.4 Å². The second-order valence-corrected chi connectivity index (χ2v) is 7.71. The molecule has 0 bridgehead atoms. The van der Waals surface area contributed by atoms with Gasteiger partial charge in [-0.05, 0) is 37.3 Å². The van der Waals surface area contributed by atoms with Crippen molar-refractivity contribution >= 4 is 50.8 Å². The van der Waals surface area contributed by atoms with Crippen molar-refractivity contribution in [2.45, 2.75) is 13.3 Å². The summed E-state index contributed by atoms with van der Waals surface area (Å²) >= 11 is 3.33. The van der Waals surface area contributed by atoms with E-state index in [1.165, 1.54) is 23.1 Å². The lowest BCUT2D eigenvalue weighted by Crippen LogP contribution is -2.28. The lowest BCUT2D eigenvalue weighted by Gasteiger charge is -2.16. The summed E-state index contributed by atoms with van der Waals surface area (Å²) < 4.78 is 5.92. The van der Waals surface area contributed by atoms with E-state index in [0.717, 1.165) is 4.47 Å². The van der Waals surface area contributed by atoms with Crippen LogP contribution in [0.5, 0.6) is 0 Å². The van der Waals surface area contributed by atoms with Gasteiger partial charge in [0.05, 0.1) is 10.8 Å². The summed E-state index contributed by atoms with van der Waals surface area (Å²) in [6.45, 7) is 1.21. The molecule has 0 spiro atoms. The molecule has 0 radical (unpaired) electrons. The average molecular weight is 476 g/mol. The Hall–Kier alpha value is -3.27. The maximum atomic E-state index is 12.3. The molecule has 1 fully saturated rings. The third-order valence-electron chi connectivity index (χ3n) is 4.63. The number of anilines is 2. The van der Waals surface area contributed by atoms with E-state index < -0.39 is 29.3 Å². The Morgan fingerprint density at radius 3 is 2.63 bits per heavy atom. The van der Waals surface area contributed by atoms with Crippen molar-refractivity contribution in [1.29, 1.82) is 0 Å². The Balaban J connectivity index is 1.53. The van der Waals surface area contributed by atoms with E-state index in [-0.39, 0.29) is 30.2 Å². The van der Waals surface area contributed by atoms with Crippen LogP contribution < -0.4 is 10.2 Å². The molecule has 2 aromatic carbocycles. The molecule has 0 saturated carbocycles. The number of benzene rings is 2. The first-order valence-electron chi connectivity index (χ1n) is 9.02. The van der Waals surface area contributed by atoms with E-state index in [0.29, 0.717) is 11.3 Å². The Kier molecular flexibility index (Phi) is 6.46. The van der Waals surface area contributed by atoms with Crippen LogP contribution in [0.25, 0.3) is 0 Å². The lowest BCUT2D eigenvalue weighted by atomic mass is 10.1. The van der Waals surface area contributed by atoms with Crippen LogP contribution in [-0.2, 0) is 19.1 Å². The largest absolute Gasteiger partial charge is 0.455 e. The molecule has 1 saturated heterocycles. The number of rotatable bonds is 6. The quantitative estimate of drug-likeness (QED) is 0.389. The summed E-state index contributed by atoms with van der Waals surface area (Å²) in [4.78, 5) is 48.5. The van der Waals surface area contributed by atoms with Crippen LogP contribution in [0.4, 0.5) is 17.1 Å². The molecule has 3 rings (SSSR count). The summed E-state index contributed by atoms with van der Waals surface area (Å²) in [5, 5.41) is 13.4. The van der Waals surface area contributed by atoms with Gasteiger partial charge in [-0.3, -0.25) is 24.5 Å². The van der Waals surface area contributed by atoms with Gasteiger partial charge in [0.2, 0.25) is 5.91 Å². The molecule has 156 valence electrons. The number of aryl methyl sites for hydroxylation is 1. The van der Waals surface area contributed by atoms with Gasteiger partial charge in [0.1, 0.15) is 0 Å². The Morgan fingerprint density at radius 1 is 1.27 bits per heavy atom. The van der Waals surface area contributed by atoms with E-state index in [1.807, 2.05) is 0 Å². The highest BCUT2D eigenvalue weighted by atomic mass is 79.9. The van der Waals surface area contributed by atoms with Crippen molar-refractivity contribution < 1.29 is 24.0 Å². The highest BCUT2D eigenvalue weighted by Gasteiger charge is 2.36. The number of amides is 2. The zero-order valence-electron chi connectivity index (χ0n) is 16.0. The Labute approximate surface area is 180 Å². The SMILES string of the molecule is Cc1ccc(NC(=O)COC(=O)[C@@H]2CC(=O)N(c3ccc(Br)cc3)C2)cc1[N+](=O)[O-]. The predicted octanol–water partition coefficient (Wildman–Crippen LogP) is 3.20. The van der Waals surface area contributed by atoms with Crippen molar-refractivity contribution in [3.63, 3.8) is 0 Å². The summed E-state index contributed by atoms with van der Waals surface area (Å²) in [6, 6.07) is 11.4. The number of hydrogen-bond donors (Lipinski definition) is 1. The second kappa shape index (κ2) is 9.04. The van der Waals surface area contributed by atoms with Gasteiger partial charge < -0.3 is 15.0 Å². The number of nitrogens with zero attached hydrogens (tertiary/aromatic N) is 2. The standard InChI is InChI=1S/C20H18BrN3O6/c1-12-2-5-15(9-17(12)24(28)29)22-18(25)11-30-20(27)13-8-19(26)23(10-13)16-6-3-14(21)4-7-16/h2-7,9,13H,8,10-11H2,1H3,(H,22,25)/t13-/m1/s1.